The summed E-state index contributed by atoms with van der Waals surface area (Å²) in [5.74, 6) is 0.361. The van der Waals surface area contributed by atoms with Crippen LogP contribution in [0.1, 0.15) is 17.1 Å². The SMILES string of the molecule is Cc1cccc(-c2cc(C(N)=NC(=O)O)nc(C)n2)c1. The van der Waals surface area contributed by atoms with Crippen molar-refractivity contribution in [1.82, 2.24) is 9.97 Å². The lowest BCUT2D eigenvalue weighted by Gasteiger charge is -2.06. The maximum Gasteiger partial charge on any atom is 0.433 e. The summed E-state index contributed by atoms with van der Waals surface area (Å²) in [5.41, 5.74) is 8.62. The fourth-order valence-corrected chi connectivity index (χ4v) is 1.81. The lowest BCUT2D eigenvalue weighted by atomic mass is 10.1. The summed E-state index contributed by atoms with van der Waals surface area (Å²) in [4.78, 5) is 22.3. The van der Waals surface area contributed by atoms with Crippen molar-refractivity contribution in [2.24, 2.45) is 10.7 Å². The third kappa shape index (κ3) is 3.17. The van der Waals surface area contributed by atoms with Crippen molar-refractivity contribution in [3.8, 4) is 11.3 Å². The van der Waals surface area contributed by atoms with Gasteiger partial charge in [0.1, 0.15) is 11.5 Å². The third-order valence-electron chi connectivity index (χ3n) is 2.63. The van der Waals surface area contributed by atoms with E-state index in [4.69, 9.17) is 10.8 Å². The van der Waals surface area contributed by atoms with Gasteiger partial charge >= 0.3 is 6.09 Å². The van der Waals surface area contributed by atoms with Gasteiger partial charge in [-0.15, -0.1) is 0 Å². The molecule has 0 aliphatic rings. The van der Waals surface area contributed by atoms with E-state index in [2.05, 4.69) is 15.0 Å². The van der Waals surface area contributed by atoms with E-state index in [-0.39, 0.29) is 5.84 Å². The number of carboxylic acid groups (broad SMARTS) is 1. The number of carbonyl (C=O) groups is 1. The Morgan fingerprint density at radius 1 is 1.25 bits per heavy atom. The number of nitrogens with zero attached hydrogens (tertiary/aromatic N) is 3. The summed E-state index contributed by atoms with van der Waals surface area (Å²) in [6.45, 7) is 3.70. The van der Waals surface area contributed by atoms with E-state index < -0.39 is 6.09 Å². The van der Waals surface area contributed by atoms with Gasteiger partial charge in [0, 0.05) is 5.56 Å². The zero-order chi connectivity index (χ0) is 14.7. The Morgan fingerprint density at radius 2 is 2.00 bits per heavy atom. The summed E-state index contributed by atoms with van der Waals surface area (Å²) in [6.07, 6.45) is -1.35. The molecule has 0 spiro atoms. The van der Waals surface area contributed by atoms with Crippen LogP contribution in [0.4, 0.5) is 4.79 Å². The van der Waals surface area contributed by atoms with Gasteiger partial charge < -0.3 is 10.8 Å². The second-order valence-electron chi connectivity index (χ2n) is 4.33. The predicted octanol–water partition coefficient (Wildman–Crippen LogP) is 2.14. The van der Waals surface area contributed by atoms with E-state index >= 15 is 0 Å². The van der Waals surface area contributed by atoms with Gasteiger partial charge in [0.15, 0.2) is 5.84 Å². The minimum atomic E-state index is -1.35. The average molecular weight is 270 g/mol. The van der Waals surface area contributed by atoms with Gasteiger partial charge in [0.25, 0.3) is 0 Å². The fraction of sp³-hybridized carbons (Fsp3) is 0.143. The molecule has 0 fully saturated rings. The molecule has 2 aromatic rings. The van der Waals surface area contributed by atoms with E-state index in [0.29, 0.717) is 17.2 Å². The van der Waals surface area contributed by atoms with Crippen LogP contribution in [0.2, 0.25) is 0 Å². The summed E-state index contributed by atoms with van der Waals surface area (Å²) < 4.78 is 0. The molecule has 0 unspecified atom stereocenters. The molecule has 20 heavy (non-hydrogen) atoms. The molecule has 1 amide bonds. The van der Waals surface area contributed by atoms with Crippen LogP contribution >= 0.6 is 0 Å². The zero-order valence-corrected chi connectivity index (χ0v) is 11.2. The molecule has 0 aliphatic heterocycles. The van der Waals surface area contributed by atoms with Gasteiger partial charge in [-0.1, -0.05) is 23.8 Å². The van der Waals surface area contributed by atoms with Crippen LogP contribution in [0, 0.1) is 13.8 Å². The van der Waals surface area contributed by atoms with Crippen molar-refractivity contribution < 1.29 is 9.90 Å². The van der Waals surface area contributed by atoms with Crippen LogP contribution in [0.25, 0.3) is 11.3 Å². The molecule has 1 aromatic carbocycles. The predicted molar refractivity (Wildman–Crippen MR) is 75.7 cm³/mol. The molecule has 102 valence electrons. The highest BCUT2D eigenvalue weighted by molar-refractivity contribution is 6.01. The van der Waals surface area contributed by atoms with Crippen LogP contribution in [-0.2, 0) is 0 Å². The first-order valence-electron chi connectivity index (χ1n) is 5.96. The standard InChI is InChI=1S/C14H14N4O2/c1-8-4-3-5-10(6-8)11-7-12(17-9(2)16-11)13(15)18-14(19)20/h3-7H,1-2H3,(H2,15,18)(H,19,20). The van der Waals surface area contributed by atoms with Crippen molar-refractivity contribution in [2.75, 3.05) is 0 Å². The topological polar surface area (TPSA) is 101 Å². The van der Waals surface area contributed by atoms with Crippen LogP contribution in [0.15, 0.2) is 35.3 Å². The number of aromatic nitrogens is 2. The van der Waals surface area contributed by atoms with Crippen molar-refractivity contribution in [3.05, 3.63) is 47.4 Å². The molecule has 0 aliphatic carbocycles. The van der Waals surface area contributed by atoms with Crippen molar-refractivity contribution in [3.63, 3.8) is 0 Å². The van der Waals surface area contributed by atoms with Crippen molar-refractivity contribution >= 4 is 11.9 Å². The van der Waals surface area contributed by atoms with Crippen molar-refractivity contribution in [2.45, 2.75) is 13.8 Å². The van der Waals surface area contributed by atoms with Crippen LogP contribution < -0.4 is 5.73 Å². The van der Waals surface area contributed by atoms with Gasteiger partial charge in [-0.05, 0) is 26.0 Å². The van der Waals surface area contributed by atoms with Gasteiger partial charge in [0.2, 0.25) is 0 Å². The highest BCUT2D eigenvalue weighted by Gasteiger charge is 2.09. The largest absolute Gasteiger partial charge is 0.463 e. The van der Waals surface area contributed by atoms with Gasteiger partial charge in [-0.25, -0.2) is 14.8 Å². The highest BCUT2D eigenvalue weighted by atomic mass is 16.4. The Kier molecular flexibility index (Phi) is 3.74. The minimum Gasteiger partial charge on any atom is -0.463 e. The summed E-state index contributed by atoms with van der Waals surface area (Å²) >= 11 is 0. The van der Waals surface area contributed by atoms with E-state index in [1.807, 2.05) is 31.2 Å². The Balaban J connectivity index is 2.52. The molecule has 6 nitrogen and oxygen atoms in total. The number of aryl methyl sites for hydroxylation is 2. The fourth-order valence-electron chi connectivity index (χ4n) is 1.81. The number of amidine groups is 1. The molecule has 2 rings (SSSR count). The summed E-state index contributed by atoms with van der Waals surface area (Å²) in [6, 6.07) is 9.44. The Labute approximate surface area is 116 Å². The number of amides is 1. The minimum absolute atomic E-state index is 0.142. The first-order valence-corrected chi connectivity index (χ1v) is 5.96. The molecule has 3 N–H and O–H groups in total. The Morgan fingerprint density at radius 3 is 2.65 bits per heavy atom. The second-order valence-corrected chi connectivity index (χ2v) is 4.33. The second kappa shape index (κ2) is 5.48. The van der Waals surface area contributed by atoms with Crippen LogP contribution in [-0.4, -0.2) is 27.0 Å². The molecule has 0 saturated carbocycles. The summed E-state index contributed by atoms with van der Waals surface area (Å²) in [7, 11) is 0. The zero-order valence-electron chi connectivity index (χ0n) is 11.2. The molecule has 0 radical (unpaired) electrons. The smallest absolute Gasteiger partial charge is 0.433 e. The first kappa shape index (κ1) is 13.7. The third-order valence-corrected chi connectivity index (χ3v) is 2.63. The van der Waals surface area contributed by atoms with E-state index in [9.17, 15) is 4.79 Å². The van der Waals surface area contributed by atoms with Gasteiger partial charge in [-0.2, -0.15) is 4.99 Å². The molecular weight excluding hydrogens is 256 g/mol. The highest BCUT2D eigenvalue weighted by Crippen LogP contribution is 2.19. The van der Waals surface area contributed by atoms with E-state index in [1.165, 1.54) is 0 Å². The molecule has 0 atom stereocenters. The van der Waals surface area contributed by atoms with Crippen molar-refractivity contribution in [1.29, 1.82) is 0 Å². The number of nitrogens with two attached hydrogens (primary N) is 1. The maximum absolute atomic E-state index is 10.6. The number of aliphatic imine (C=N–C) groups is 1. The Bertz CT molecular complexity index is 695. The van der Waals surface area contributed by atoms with Gasteiger partial charge in [0.05, 0.1) is 5.69 Å². The molecule has 0 bridgehead atoms. The number of hydrogen-bond acceptors (Lipinski definition) is 3. The quantitative estimate of drug-likeness (QED) is 0.643. The molecule has 1 aromatic heterocycles. The summed E-state index contributed by atoms with van der Waals surface area (Å²) in [5, 5.41) is 8.63. The van der Waals surface area contributed by atoms with E-state index in [1.54, 1.807) is 13.0 Å². The van der Waals surface area contributed by atoms with Crippen LogP contribution in [0.3, 0.4) is 0 Å². The number of rotatable bonds is 2. The molecule has 0 saturated heterocycles. The van der Waals surface area contributed by atoms with Crippen LogP contribution in [0.5, 0.6) is 0 Å². The Hall–Kier alpha value is -2.76. The number of hydrogen-bond donors (Lipinski definition) is 2. The number of benzene rings is 1. The van der Waals surface area contributed by atoms with E-state index in [0.717, 1.165) is 11.1 Å². The average Bonchev–Trinajstić information content (AvgIpc) is 2.37. The first-order chi connectivity index (χ1) is 9.45. The van der Waals surface area contributed by atoms with Gasteiger partial charge in [-0.3, -0.25) is 0 Å². The molecule has 6 heteroatoms. The maximum atomic E-state index is 10.6. The molecular formula is C14H14N4O2. The lowest BCUT2D eigenvalue weighted by molar-refractivity contribution is 0.205. The molecule has 1 heterocycles. The normalized spacial score (nSPS) is 11.4. The lowest BCUT2D eigenvalue weighted by Crippen LogP contribution is -2.18. The monoisotopic (exact) mass is 270 g/mol.